The number of benzene rings is 1. The summed E-state index contributed by atoms with van der Waals surface area (Å²) in [7, 11) is 0. The Morgan fingerprint density at radius 2 is 2.11 bits per heavy atom. The third-order valence-corrected chi connectivity index (χ3v) is 3.65. The van der Waals surface area contributed by atoms with Crippen molar-refractivity contribution in [3.05, 3.63) is 45.6 Å². The number of fused-ring (bicyclic) bond motifs is 1. The van der Waals surface area contributed by atoms with Crippen molar-refractivity contribution in [1.82, 2.24) is 9.97 Å². The molecule has 2 N–H and O–H groups in total. The molecule has 0 aliphatic carbocycles. The van der Waals surface area contributed by atoms with Crippen LogP contribution < -0.4 is 5.32 Å². The molecule has 2 aromatic heterocycles. The van der Waals surface area contributed by atoms with Crippen molar-refractivity contribution in [2.45, 2.75) is 0 Å². The molecule has 0 saturated heterocycles. The Hall–Kier alpha value is -1.85. The lowest BCUT2D eigenvalue weighted by molar-refractivity contribution is 0.103. The Morgan fingerprint density at radius 3 is 2.83 bits per heavy atom. The van der Waals surface area contributed by atoms with Crippen LogP contribution in [0.5, 0.6) is 0 Å². The molecule has 0 saturated carbocycles. The van der Waals surface area contributed by atoms with Crippen molar-refractivity contribution in [2.24, 2.45) is 0 Å². The molecule has 1 amide bonds. The van der Waals surface area contributed by atoms with E-state index in [4.69, 9.17) is 11.6 Å². The van der Waals surface area contributed by atoms with Gasteiger partial charge >= 0.3 is 0 Å². The molecule has 18 heavy (non-hydrogen) atoms. The van der Waals surface area contributed by atoms with Crippen molar-refractivity contribution in [1.29, 1.82) is 0 Å². The second-order valence-corrected chi connectivity index (χ2v) is 5.38. The number of hydrogen-bond acceptors (Lipinski definition) is 3. The van der Waals surface area contributed by atoms with Crippen LogP contribution in [0.25, 0.3) is 11.0 Å². The number of carbonyl (C=O) groups is 1. The summed E-state index contributed by atoms with van der Waals surface area (Å²) in [6.45, 7) is 0. The van der Waals surface area contributed by atoms with E-state index in [9.17, 15) is 4.79 Å². The maximum atomic E-state index is 11.9. The van der Waals surface area contributed by atoms with Crippen molar-refractivity contribution in [2.75, 3.05) is 5.32 Å². The van der Waals surface area contributed by atoms with E-state index in [1.165, 1.54) is 11.3 Å². The van der Waals surface area contributed by atoms with Crippen LogP contribution in [0.4, 0.5) is 5.95 Å². The van der Waals surface area contributed by atoms with Gasteiger partial charge in [-0.2, -0.15) is 0 Å². The first kappa shape index (κ1) is 11.3. The largest absolute Gasteiger partial charge is 0.324 e. The zero-order valence-electron chi connectivity index (χ0n) is 9.11. The number of H-pyrrole nitrogens is 1. The monoisotopic (exact) mass is 277 g/mol. The fraction of sp³-hybridized carbons (Fsp3) is 0. The van der Waals surface area contributed by atoms with Crippen LogP contribution in [0.15, 0.2) is 36.4 Å². The van der Waals surface area contributed by atoms with Crippen molar-refractivity contribution in [3.8, 4) is 0 Å². The summed E-state index contributed by atoms with van der Waals surface area (Å²) in [6.07, 6.45) is 0. The number of carbonyl (C=O) groups excluding carboxylic acids is 1. The van der Waals surface area contributed by atoms with Crippen LogP contribution in [0.3, 0.4) is 0 Å². The molecule has 0 aliphatic heterocycles. The minimum absolute atomic E-state index is 0.217. The Morgan fingerprint density at radius 1 is 1.28 bits per heavy atom. The van der Waals surface area contributed by atoms with E-state index in [1.54, 1.807) is 12.1 Å². The van der Waals surface area contributed by atoms with Crippen molar-refractivity contribution >= 4 is 45.8 Å². The van der Waals surface area contributed by atoms with Crippen LogP contribution in [-0.4, -0.2) is 15.9 Å². The molecule has 2 heterocycles. The van der Waals surface area contributed by atoms with Gasteiger partial charge in [0.1, 0.15) is 0 Å². The molecule has 0 spiro atoms. The van der Waals surface area contributed by atoms with Gasteiger partial charge < -0.3 is 4.98 Å². The maximum Gasteiger partial charge on any atom is 0.268 e. The first-order valence-electron chi connectivity index (χ1n) is 5.24. The molecule has 0 atom stereocenters. The highest BCUT2D eigenvalue weighted by atomic mass is 35.5. The zero-order chi connectivity index (χ0) is 12.5. The van der Waals surface area contributed by atoms with Gasteiger partial charge in [-0.3, -0.25) is 10.1 Å². The van der Waals surface area contributed by atoms with Gasteiger partial charge in [0.25, 0.3) is 5.91 Å². The quantitative estimate of drug-likeness (QED) is 0.753. The number of para-hydroxylation sites is 2. The van der Waals surface area contributed by atoms with Crippen LogP contribution >= 0.6 is 22.9 Å². The molecule has 3 aromatic rings. The van der Waals surface area contributed by atoms with Crippen LogP contribution in [0, 0.1) is 0 Å². The van der Waals surface area contributed by atoms with Crippen LogP contribution in [0.1, 0.15) is 9.67 Å². The van der Waals surface area contributed by atoms with Gasteiger partial charge in [-0.15, -0.1) is 11.3 Å². The molecule has 0 radical (unpaired) electrons. The summed E-state index contributed by atoms with van der Waals surface area (Å²) in [5, 5.41) is 2.71. The SMILES string of the molecule is O=C(Nc1nc2ccccc2[nH]1)c1ccc(Cl)s1. The Bertz CT molecular complexity index is 686. The predicted molar refractivity (Wildman–Crippen MR) is 73.4 cm³/mol. The highest BCUT2D eigenvalue weighted by Crippen LogP contribution is 2.22. The first-order chi connectivity index (χ1) is 8.72. The second-order valence-electron chi connectivity index (χ2n) is 3.66. The molecule has 0 unspecified atom stereocenters. The Balaban J connectivity index is 1.86. The third-order valence-electron chi connectivity index (χ3n) is 2.42. The average Bonchev–Trinajstić information content (AvgIpc) is 2.94. The fourth-order valence-corrected chi connectivity index (χ4v) is 2.56. The molecular formula is C12H8ClN3OS. The number of rotatable bonds is 2. The third kappa shape index (κ3) is 2.10. The average molecular weight is 278 g/mol. The summed E-state index contributed by atoms with van der Waals surface area (Å²) < 4.78 is 0.588. The summed E-state index contributed by atoms with van der Waals surface area (Å²) in [4.78, 5) is 19.7. The van der Waals surface area contributed by atoms with E-state index in [1.807, 2.05) is 24.3 Å². The van der Waals surface area contributed by atoms with E-state index >= 15 is 0 Å². The highest BCUT2D eigenvalue weighted by molar-refractivity contribution is 7.18. The molecule has 0 aliphatic rings. The standard InChI is InChI=1S/C12H8ClN3OS/c13-10-6-5-9(18-10)11(17)16-12-14-7-3-1-2-4-8(7)15-12/h1-6H,(H2,14,15,16,17). The number of nitrogens with one attached hydrogen (secondary N) is 2. The molecule has 1 aromatic carbocycles. The van der Waals surface area contributed by atoms with Gasteiger partial charge in [-0.1, -0.05) is 23.7 Å². The predicted octanol–water partition coefficient (Wildman–Crippen LogP) is 3.53. The van der Waals surface area contributed by atoms with Gasteiger partial charge in [0, 0.05) is 0 Å². The summed E-state index contributed by atoms with van der Waals surface area (Å²) >= 11 is 7.02. The molecule has 6 heteroatoms. The summed E-state index contributed by atoms with van der Waals surface area (Å²) in [5.74, 6) is 0.219. The molecule has 0 fully saturated rings. The van der Waals surface area contributed by atoms with Gasteiger partial charge in [0.15, 0.2) is 0 Å². The normalized spacial score (nSPS) is 10.7. The minimum Gasteiger partial charge on any atom is -0.324 e. The topological polar surface area (TPSA) is 57.8 Å². The summed E-state index contributed by atoms with van der Waals surface area (Å²) in [6, 6.07) is 11.0. The number of halogens is 1. The lowest BCUT2D eigenvalue weighted by Crippen LogP contribution is -2.11. The first-order valence-corrected chi connectivity index (χ1v) is 6.43. The second kappa shape index (κ2) is 4.44. The van der Waals surface area contributed by atoms with Gasteiger partial charge in [0.05, 0.1) is 20.2 Å². The maximum absolute atomic E-state index is 11.9. The minimum atomic E-state index is -0.217. The number of nitrogens with zero attached hydrogens (tertiary/aromatic N) is 1. The smallest absolute Gasteiger partial charge is 0.268 e. The van der Waals surface area contributed by atoms with Gasteiger partial charge in [0.2, 0.25) is 5.95 Å². The molecule has 3 rings (SSSR count). The molecule has 90 valence electrons. The molecule has 0 bridgehead atoms. The van der Waals surface area contributed by atoms with Crippen LogP contribution in [0.2, 0.25) is 4.34 Å². The number of aromatic amines is 1. The fourth-order valence-electron chi connectivity index (χ4n) is 1.62. The molecule has 4 nitrogen and oxygen atoms in total. The number of anilines is 1. The number of thiophene rings is 1. The molecular weight excluding hydrogens is 270 g/mol. The summed E-state index contributed by atoms with van der Waals surface area (Å²) in [5.41, 5.74) is 1.70. The van der Waals surface area contributed by atoms with Gasteiger partial charge in [-0.25, -0.2) is 4.98 Å². The van der Waals surface area contributed by atoms with E-state index in [-0.39, 0.29) is 5.91 Å². The lowest BCUT2D eigenvalue weighted by atomic mass is 10.3. The number of imidazole rings is 1. The number of aromatic nitrogens is 2. The van der Waals surface area contributed by atoms with Crippen molar-refractivity contribution < 1.29 is 4.79 Å². The number of hydrogen-bond donors (Lipinski definition) is 2. The Kier molecular flexibility index (Phi) is 2.77. The van der Waals surface area contributed by atoms with Gasteiger partial charge in [-0.05, 0) is 24.3 Å². The van der Waals surface area contributed by atoms with Crippen molar-refractivity contribution in [3.63, 3.8) is 0 Å². The number of amides is 1. The zero-order valence-corrected chi connectivity index (χ0v) is 10.7. The lowest BCUT2D eigenvalue weighted by Gasteiger charge is -1.97. The van der Waals surface area contributed by atoms with E-state index in [0.717, 1.165) is 11.0 Å². The van der Waals surface area contributed by atoms with E-state index < -0.39 is 0 Å². The van der Waals surface area contributed by atoms with E-state index in [0.29, 0.717) is 15.2 Å². The highest BCUT2D eigenvalue weighted by Gasteiger charge is 2.11. The van der Waals surface area contributed by atoms with E-state index in [2.05, 4.69) is 15.3 Å². The Labute approximate surface area is 112 Å². The van der Waals surface area contributed by atoms with Crippen LogP contribution in [-0.2, 0) is 0 Å².